The van der Waals surface area contributed by atoms with E-state index in [0.29, 0.717) is 37.9 Å². The zero-order valence-corrected chi connectivity index (χ0v) is 14.6. The quantitative estimate of drug-likeness (QED) is 0.661. The number of nitrogens with zero attached hydrogens (tertiary/aromatic N) is 2. The van der Waals surface area contributed by atoms with Gasteiger partial charge in [-0.3, -0.25) is 10.1 Å². The summed E-state index contributed by atoms with van der Waals surface area (Å²) < 4.78 is 19.0. The predicted molar refractivity (Wildman–Crippen MR) is 89.0 cm³/mol. The van der Waals surface area contributed by atoms with Crippen LogP contribution in [0.15, 0.2) is 12.1 Å². The Labute approximate surface area is 145 Å². The van der Waals surface area contributed by atoms with Gasteiger partial charge in [0.2, 0.25) is 5.75 Å². The summed E-state index contributed by atoms with van der Waals surface area (Å²) in [6.45, 7) is 6.49. The molecule has 7 nitrogen and oxygen atoms in total. The van der Waals surface area contributed by atoms with E-state index in [1.54, 1.807) is 4.90 Å². The number of phenols is 1. The Hall–Kier alpha value is -2.38. The zero-order valence-electron chi connectivity index (χ0n) is 14.6. The number of carbonyl (C=O) groups is 1. The molecular weight excluding hydrogens is 331 g/mol. The lowest BCUT2D eigenvalue weighted by Gasteiger charge is -2.33. The summed E-state index contributed by atoms with van der Waals surface area (Å²) in [7, 11) is 0. The molecule has 0 aromatic heterocycles. The number of aromatic hydroxyl groups is 1. The van der Waals surface area contributed by atoms with Gasteiger partial charge in [-0.2, -0.15) is 0 Å². The molecule has 0 saturated carbocycles. The fourth-order valence-corrected chi connectivity index (χ4v) is 2.88. The molecule has 1 N–H and O–H groups in total. The monoisotopic (exact) mass is 354 g/mol. The van der Waals surface area contributed by atoms with Gasteiger partial charge in [0, 0.05) is 19.2 Å². The Morgan fingerprint density at radius 1 is 1.40 bits per heavy atom. The van der Waals surface area contributed by atoms with Gasteiger partial charge in [-0.05, 0) is 57.6 Å². The van der Waals surface area contributed by atoms with Crippen molar-refractivity contribution in [1.82, 2.24) is 4.90 Å². The first kappa shape index (κ1) is 19.0. The summed E-state index contributed by atoms with van der Waals surface area (Å²) >= 11 is 0. The van der Waals surface area contributed by atoms with Crippen LogP contribution in [0.25, 0.3) is 0 Å². The Morgan fingerprint density at radius 2 is 2.00 bits per heavy atom. The molecule has 1 aliphatic heterocycles. The number of carbonyl (C=O) groups excluding carboxylic acids is 1. The molecule has 1 amide bonds. The maximum atomic E-state index is 13.7. The third-order valence-corrected chi connectivity index (χ3v) is 4.09. The van der Waals surface area contributed by atoms with Gasteiger partial charge in [-0.1, -0.05) is 0 Å². The Balaban J connectivity index is 1.96. The standard InChI is InChI=1S/C17H23FN2O5/c1-17(2,3)25-16(22)19-6-4-11(5-7-19)8-12-9-13(18)15(21)14(10-12)20(23)24/h9-11,21H,4-8H2,1-3H3. The highest BCUT2D eigenvalue weighted by Crippen LogP contribution is 2.32. The highest BCUT2D eigenvalue weighted by Gasteiger charge is 2.28. The molecule has 138 valence electrons. The highest BCUT2D eigenvalue weighted by atomic mass is 19.1. The van der Waals surface area contributed by atoms with Crippen LogP contribution in [0.4, 0.5) is 14.9 Å². The average Bonchev–Trinajstić information content (AvgIpc) is 2.49. The van der Waals surface area contributed by atoms with Crippen molar-refractivity contribution < 1.29 is 24.0 Å². The van der Waals surface area contributed by atoms with Crippen molar-refractivity contribution in [2.24, 2.45) is 5.92 Å². The fraction of sp³-hybridized carbons (Fsp3) is 0.588. The normalized spacial score (nSPS) is 15.9. The number of nitro benzene ring substituents is 1. The molecule has 1 aliphatic rings. The van der Waals surface area contributed by atoms with E-state index >= 15 is 0 Å². The molecule has 2 rings (SSSR count). The Kier molecular flexibility index (Phi) is 5.49. The van der Waals surface area contributed by atoms with Gasteiger partial charge in [-0.15, -0.1) is 0 Å². The highest BCUT2D eigenvalue weighted by molar-refractivity contribution is 5.68. The third-order valence-electron chi connectivity index (χ3n) is 4.09. The Morgan fingerprint density at radius 3 is 2.52 bits per heavy atom. The molecule has 1 heterocycles. The van der Waals surface area contributed by atoms with E-state index in [4.69, 9.17) is 4.74 Å². The molecule has 25 heavy (non-hydrogen) atoms. The lowest BCUT2D eigenvalue weighted by molar-refractivity contribution is -0.386. The van der Waals surface area contributed by atoms with Gasteiger partial charge in [0.25, 0.3) is 0 Å². The third kappa shape index (κ3) is 5.04. The van der Waals surface area contributed by atoms with Crippen LogP contribution >= 0.6 is 0 Å². The summed E-state index contributed by atoms with van der Waals surface area (Å²) in [6.07, 6.45) is 1.52. The number of amides is 1. The first-order valence-electron chi connectivity index (χ1n) is 8.20. The molecule has 0 spiro atoms. The van der Waals surface area contributed by atoms with Gasteiger partial charge in [0.05, 0.1) is 4.92 Å². The van der Waals surface area contributed by atoms with Crippen molar-refractivity contribution in [2.75, 3.05) is 13.1 Å². The van der Waals surface area contributed by atoms with Crippen LogP contribution in [0.5, 0.6) is 5.75 Å². The lowest BCUT2D eigenvalue weighted by Crippen LogP contribution is -2.42. The molecule has 0 atom stereocenters. The molecular formula is C17H23FN2O5. The predicted octanol–water partition coefficient (Wildman–Crippen LogP) is 3.63. The minimum atomic E-state index is -0.990. The largest absolute Gasteiger partial charge is 0.500 e. The zero-order chi connectivity index (χ0) is 18.8. The number of likely N-dealkylation sites (tertiary alicyclic amines) is 1. The smallest absolute Gasteiger partial charge is 0.410 e. The van der Waals surface area contributed by atoms with E-state index in [-0.39, 0.29) is 12.0 Å². The van der Waals surface area contributed by atoms with Crippen LogP contribution in [0, 0.1) is 21.8 Å². The van der Waals surface area contributed by atoms with Crippen molar-refractivity contribution in [3.8, 4) is 5.75 Å². The molecule has 0 bridgehead atoms. The van der Waals surface area contributed by atoms with E-state index in [1.165, 1.54) is 6.07 Å². The number of nitro groups is 1. The number of hydrogen-bond donors (Lipinski definition) is 1. The molecule has 1 aromatic carbocycles. The maximum absolute atomic E-state index is 13.7. The number of hydrogen-bond acceptors (Lipinski definition) is 5. The number of rotatable bonds is 3. The second-order valence-electron chi connectivity index (χ2n) is 7.32. The lowest BCUT2D eigenvalue weighted by atomic mass is 9.90. The van der Waals surface area contributed by atoms with Gasteiger partial charge >= 0.3 is 11.8 Å². The number of benzene rings is 1. The molecule has 1 aromatic rings. The van der Waals surface area contributed by atoms with Crippen LogP contribution in [-0.4, -0.2) is 39.7 Å². The second-order valence-corrected chi connectivity index (χ2v) is 7.32. The SMILES string of the molecule is CC(C)(C)OC(=O)N1CCC(Cc2cc(F)c(O)c([N+](=O)[O-])c2)CC1. The molecule has 1 saturated heterocycles. The first-order valence-corrected chi connectivity index (χ1v) is 8.20. The van der Waals surface area contributed by atoms with Crippen molar-refractivity contribution in [1.29, 1.82) is 0 Å². The Bertz CT molecular complexity index is 664. The maximum Gasteiger partial charge on any atom is 0.410 e. The first-order chi connectivity index (χ1) is 11.6. The molecule has 0 unspecified atom stereocenters. The summed E-state index contributed by atoms with van der Waals surface area (Å²) in [6, 6.07) is 2.33. The summed E-state index contributed by atoms with van der Waals surface area (Å²) in [4.78, 5) is 23.7. The number of phenolic OH excluding ortho intramolecular Hbond substituents is 1. The van der Waals surface area contributed by atoms with Gasteiger partial charge in [0.15, 0.2) is 5.82 Å². The van der Waals surface area contributed by atoms with Crippen LogP contribution in [0.3, 0.4) is 0 Å². The van der Waals surface area contributed by atoms with Crippen molar-refractivity contribution in [3.63, 3.8) is 0 Å². The topological polar surface area (TPSA) is 92.9 Å². The van der Waals surface area contributed by atoms with Crippen molar-refractivity contribution >= 4 is 11.8 Å². The van der Waals surface area contributed by atoms with Crippen LogP contribution in [0.2, 0.25) is 0 Å². The van der Waals surface area contributed by atoms with Crippen LogP contribution in [0.1, 0.15) is 39.2 Å². The molecule has 0 radical (unpaired) electrons. The summed E-state index contributed by atoms with van der Waals surface area (Å²) in [5, 5.41) is 20.3. The van der Waals surface area contributed by atoms with E-state index < -0.39 is 27.8 Å². The van der Waals surface area contributed by atoms with E-state index in [1.807, 2.05) is 20.8 Å². The number of piperidine rings is 1. The number of halogens is 1. The summed E-state index contributed by atoms with van der Waals surface area (Å²) in [5.74, 6) is -1.74. The number of ether oxygens (including phenoxy) is 1. The van der Waals surface area contributed by atoms with Gasteiger partial charge in [-0.25, -0.2) is 9.18 Å². The molecule has 0 aliphatic carbocycles. The van der Waals surface area contributed by atoms with E-state index in [0.717, 1.165) is 6.07 Å². The molecule has 8 heteroatoms. The van der Waals surface area contributed by atoms with Crippen LogP contribution < -0.4 is 0 Å². The van der Waals surface area contributed by atoms with Crippen LogP contribution in [-0.2, 0) is 11.2 Å². The average molecular weight is 354 g/mol. The molecule has 1 fully saturated rings. The minimum Gasteiger partial charge on any atom is -0.500 e. The van der Waals surface area contributed by atoms with Crippen molar-refractivity contribution in [3.05, 3.63) is 33.6 Å². The van der Waals surface area contributed by atoms with Crippen molar-refractivity contribution in [2.45, 2.75) is 45.6 Å². The minimum absolute atomic E-state index is 0.183. The van der Waals surface area contributed by atoms with Gasteiger partial charge < -0.3 is 14.7 Å². The fourth-order valence-electron chi connectivity index (χ4n) is 2.88. The van der Waals surface area contributed by atoms with E-state index in [9.17, 15) is 24.4 Å². The second kappa shape index (κ2) is 7.25. The van der Waals surface area contributed by atoms with Gasteiger partial charge in [0.1, 0.15) is 5.60 Å². The van der Waals surface area contributed by atoms with E-state index in [2.05, 4.69) is 0 Å². The summed E-state index contributed by atoms with van der Waals surface area (Å²) in [5.41, 5.74) is -0.699.